The Kier molecular flexibility index (Phi) is 5.56. The highest BCUT2D eigenvalue weighted by molar-refractivity contribution is 5.38. The number of likely N-dealkylation sites (tertiary alicyclic amines) is 1. The van der Waals surface area contributed by atoms with Crippen molar-refractivity contribution in [3.63, 3.8) is 0 Å². The number of nitrogens with zero attached hydrogens (tertiary/aromatic N) is 5. The first kappa shape index (κ1) is 20.3. The van der Waals surface area contributed by atoms with Gasteiger partial charge in [0.2, 0.25) is 0 Å². The predicted molar refractivity (Wildman–Crippen MR) is 116 cm³/mol. The lowest BCUT2D eigenvalue weighted by Gasteiger charge is -2.45. The summed E-state index contributed by atoms with van der Waals surface area (Å²) in [5, 5.41) is 17.9. The Balaban J connectivity index is 1.22. The first-order valence-corrected chi connectivity index (χ1v) is 11.0. The Morgan fingerprint density at radius 3 is 2.81 bits per heavy atom. The third-order valence-corrected chi connectivity index (χ3v) is 6.53. The highest BCUT2D eigenvalue weighted by Crippen LogP contribution is 2.42. The minimum absolute atomic E-state index is 0.0549. The van der Waals surface area contributed by atoms with E-state index in [1.54, 1.807) is 6.20 Å². The van der Waals surface area contributed by atoms with Crippen molar-refractivity contribution in [1.82, 2.24) is 24.9 Å². The first-order valence-electron chi connectivity index (χ1n) is 11.0. The van der Waals surface area contributed by atoms with Gasteiger partial charge in [0.1, 0.15) is 0 Å². The first-order chi connectivity index (χ1) is 15.1. The predicted octanol–water partition coefficient (Wildman–Crippen LogP) is 2.59. The van der Waals surface area contributed by atoms with Crippen molar-refractivity contribution in [3.05, 3.63) is 76.4 Å². The van der Waals surface area contributed by atoms with Gasteiger partial charge in [-0.3, -0.25) is 9.88 Å². The summed E-state index contributed by atoms with van der Waals surface area (Å²) in [6, 6.07) is 10.7. The maximum Gasteiger partial charge on any atom is 0.0967 e. The number of hydrogen-bond acceptors (Lipinski definition) is 6. The van der Waals surface area contributed by atoms with E-state index in [-0.39, 0.29) is 12.2 Å². The molecule has 3 aromatic rings. The molecule has 1 spiro atoms. The molecule has 2 aliphatic heterocycles. The normalized spacial score (nSPS) is 18.3. The Labute approximate surface area is 182 Å². The Morgan fingerprint density at radius 1 is 1.10 bits per heavy atom. The van der Waals surface area contributed by atoms with Crippen LogP contribution in [-0.2, 0) is 36.5 Å². The molecule has 2 aromatic heterocycles. The average molecular weight is 420 g/mol. The maximum absolute atomic E-state index is 9.26. The number of aromatic nitrogens is 4. The van der Waals surface area contributed by atoms with Crippen LogP contribution >= 0.6 is 0 Å². The smallest absolute Gasteiger partial charge is 0.0967 e. The van der Waals surface area contributed by atoms with Gasteiger partial charge in [-0.1, -0.05) is 29.0 Å². The average Bonchev–Trinajstić information content (AvgIpc) is 3.23. The van der Waals surface area contributed by atoms with Gasteiger partial charge in [-0.05, 0) is 55.0 Å². The van der Waals surface area contributed by atoms with Gasteiger partial charge in [0.05, 0.1) is 42.9 Å². The molecule has 1 fully saturated rings. The zero-order valence-electron chi connectivity index (χ0n) is 18.0. The highest BCUT2D eigenvalue weighted by Gasteiger charge is 2.40. The van der Waals surface area contributed by atoms with E-state index in [1.165, 1.54) is 16.7 Å². The van der Waals surface area contributed by atoms with Crippen LogP contribution in [0.15, 0.2) is 42.7 Å². The van der Waals surface area contributed by atoms with Gasteiger partial charge in [-0.15, -0.1) is 5.10 Å². The van der Waals surface area contributed by atoms with E-state index < -0.39 is 0 Å². The minimum Gasteiger partial charge on any atom is -0.390 e. The van der Waals surface area contributed by atoms with Crippen molar-refractivity contribution in [2.75, 3.05) is 19.7 Å². The number of hydrogen-bond donors (Lipinski definition) is 1. The lowest BCUT2D eigenvalue weighted by atomic mass is 9.79. The maximum atomic E-state index is 9.26. The van der Waals surface area contributed by atoms with Gasteiger partial charge in [-0.25, -0.2) is 4.68 Å². The topological polar surface area (TPSA) is 76.3 Å². The van der Waals surface area contributed by atoms with Crippen LogP contribution in [0.5, 0.6) is 0 Å². The largest absolute Gasteiger partial charge is 0.390 e. The minimum atomic E-state index is -0.126. The van der Waals surface area contributed by atoms with E-state index in [9.17, 15) is 5.11 Å². The fraction of sp³-hybridized carbons (Fsp3) is 0.458. The van der Waals surface area contributed by atoms with E-state index in [1.807, 2.05) is 23.0 Å². The lowest BCUT2D eigenvalue weighted by molar-refractivity contribution is -0.0990. The molecule has 0 saturated carbocycles. The molecule has 0 bridgehead atoms. The second-order valence-corrected chi connectivity index (χ2v) is 8.75. The molecule has 0 aliphatic carbocycles. The van der Waals surface area contributed by atoms with Crippen molar-refractivity contribution >= 4 is 0 Å². The molecule has 0 radical (unpaired) electrons. The number of pyridine rings is 1. The second kappa shape index (κ2) is 8.49. The van der Waals surface area contributed by atoms with E-state index >= 15 is 0 Å². The van der Waals surface area contributed by atoms with Crippen LogP contribution in [0, 0.1) is 6.92 Å². The molecular weight excluding hydrogens is 390 g/mol. The quantitative estimate of drug-likeness (QED) is 0.685. The second-order valence-electron chi connectivity index (χ2n) is 8.75. The monoisotopic (exact) mass is 419 g/mol. The van der Waals surface area contributed by atoms with E-state index in [4.69, 9.17) is 4.74 Å². The van der Waals surface area contributed by atoms with E-state index in [2.05, 4.69) is 45.3 Å². The van der Waals surface area contributed by atoms with Crippen molar-refractivity contribution < 1.29 is 9.84 Å². The third-order valence-electron chi connectivity index (χ3n) is 6.53. The summed E-state index contributed by atoms with van der Waals surface area (Å²) in [6.07, 6.45) is 6.77. The molecule has 162 valence electrons. The Bertz CT molecular complexity index is 1060. The standard InChI is InChI=1S/C24H29N5O2/c1-18-2-3-20-5-11-31-24(23(20)12-18)6-9-28(10-7-24)15-22-16-29(27-26-22)14-19-4-8-25-21(13-19)17-30/h2-4,8,12-13,16,30H,5-7,9-11,14-15,17H2,1H3. The fourth-order valence-corrected chi connectivity index (χ4v) is 4.87. The van der Waals surface area contributed by atoms with Crippen LogP contribution in [0.4, 0.5) is 0 Å². The number of ether oxygens (including phenoxy) is 1. The summed E-state index contributed by atoms with van der Waals surface area (Å²) in [6.45, 7) is 6.33. The van der Waals surface area contributed by atoms with E-state index in [0.29, 0.717) is 12.2 Å². The van der Waals surface area contributed by atoms with Crippen LogP contribution in [-0.4, -0.2) is 49.7 Å². The highest BCUT2D eigenvalue weighted by atomic mass is 16.5. The summed E-state index contributed by atoms with van der Waals surface area (Å²) in [4.78, 5) is 6.57. The number of aliphatic hydroxyl groups is 1. The number of aliphatic hydroxyl groups excluding tert-OH is 1. The fourth-order valence-electron chi connectivity index (χ4n) is 4.87. The summed E-state index contributed by atoms with van der Waals surface area (Å²) in [5.74, 6) is 0. The molecule has 0 atom stereocenters. The molecule has 1 saturated heterocycles. The number of rotatable bonds is 5. The van der Waals surface area contributed by atoms with Crippen LogP contribution in [0.25, 0.3) is 0 Å². The van der Waals surface area contributed by atoms with Gasteiger partial charge in [0.25, 0.3) is 0 Å². The SMILES string of the molecule is Cc1ccc2c(c1)C1(CCN(Cc3cn(Cc4ccnc(CO)c4)nn3)CC1)OCC2. The molecule has 7 heteroatoms. The van der Waals surface area contributed by atoms with Gasteiger partial charge in [-0.2, -0.15) is 0 Å². The third kappa shape index (κ3) is 4.26. The molecule has 5 rings (SSSR count). The number of benzene rings is 1. The van der Waals surface area contributed by atoms with Gasteiger partial charge < -0.3 is 9.84 Å². The molecule has 0 amide bonds. The number of aryl methyl sites for hydroxylation is 1. The van der Waals surface area contributed by atoms with E-state index in [0.717, 1.165) is 56.8 Å². The Hall–Kier alpha value is -2.61. The van der Waals surface area contributed by atoms with Gasteiger partial charge >= 0.3 is 0 Å². The zero-order chi connectivity index (χ0) is 21.3. The van der Waals surface area contributed by atoms with Crippen LogP contribution in [0.1, 0.15) is 46.5 Å². The molecule has 7 nitrogen and oxygen atoms in total. The Morgan fingerprint density at radius 2 is 1.97 bits per heavy atom. The van der Waals surface area contributed by atoms with Gasteiger partial charge in [0.15, 0.2) is 0 Å². The van der Waals surface area contributed by atoms with Crippen LogP contribution < -0.4 is 0 Å². The molecule has 2 aliphatic rings. The summed E-state index contributed by atoms with van der Waals surface area (Å²) in [5.41, 5.74) is 6.74. The molecule has 0 unspecified atom stereocenters. The molecule has 31 heavy (non-hydrogen) atoms. The lowest BCUT2D eigenvalue weighted by Crippen LogP contribution is -2.46. The van der Waals surface area contributed by atoms with Crippen molar-refractivity contribution in [1.29, 1.82) is 0 Å². The molecule has 1 aromatic carbocycles. The summed E-state index contributed by atoms with van der Waals surface area (Å²) >= 11 is 0. The molecule has 4 heterocycles. The van der Waals surface area contributed by atoms with Crippen molar-refractivity contribution in [2.24, 2.45) is 0 Å². The van der Waals surface area contributed by atoms with Gasteiger partial charge in [0, 0.05) is 25.8 Å². The number of fused-ring (bicyclic) bond motifs is 2. The van der Waals surface area contributed by atoms with Crippen LogP contribution in [0.2, 0.25) is 0 Å². The van der Waals surface area contributed by atoms with Crippen LogP contribution in [0.3, 0.4) is 0 Å². The molecular formula is C24H29N5O2. The molecule has 1 N–H and O–H groups in total. The van der Waals surface area contributed by atoms with Crippen molar-refractivity contribution in [3.8, 4) is 0 Å². The zero-order valence-corrected chi connectivity index (χ0v) is 18.0. The summed E-state index contributed by atoms with van der Waals surface area (Å²) < 4.78 is 8.24. The number of piperidine rings is 1. The summed E-state index contributed by atoms with van der Waals surface area (Å²) in [7, 11) is 0. The van der Waals surface area contributed by atoms with Crippen molar-refractivity contribution in [2.45, 2.75) is 51.5 Å².